The van der Waals surface area contributed by atoms with Crippen molar-refractivity contribution in [2.75, 3.05) is 0 Å². The molecular weight excluding hydrogens is 432 g/mol. The molecule has 2 aromatic rings. The van der Waals surface area contributed by atoms with E-state index in [4.69, 9.17) is 5.11 Å². The molecule has 0 spiro atoms. The first-order chi connectivity index (χ1) is 6.29. The fraction of sp³-hybridized carbons (Fsp3) is 0. The predicted octanol–water partition coefficient (Wildman–Crippen LogP) is 1.35. The van der Waals surface area contributed by atoms with Gasteiger partial charge in [0.1, 0.15) is 0 Å². The van der Waals surface area contributed by atoms with Crippen LogP contribution in [0.5, 0.6) is 0 Å². The summed E-state index contributed by atoms with van der Waals surface area (Å²) in [5.74, 6) is -0.878. The average Bonchev–Trinajstić information content (AvgIpc) is 2.17. The van der Waals surface area contributed by atoms with Gasteiger partial charge in [-0.1, -0.05) is 36.4 Å². The summed E-state index contributed by atoms with van der Waals surface area (Å²) >= 11 is 0. The zero-order valence-corrected chi connectivity index (χ0v) is 14.5. The number of carbonyl (C=O) groups is 1. The monoisotopic (exact) mass is 443 g/mol. The first kappa shape index (κ1) is 14.6. The van der Waals surface area contributed by atoms with Gasteiger partial charge in [-0.2, -0.15) is 0 Å². The van der Waals surface area contributed by atoms with Crippen molar-refractivity contribution in [3.8, 4) is 0 Å². The van der Waals surface area contributed by atoms with Crippen LogP contribution >= 0.6 is 0 Å². The molecule has 81 valence electrons. The van der Waals surface area contributed by atoms with E-state index in [-0.39, 0.29) is 43.0 Å². The molecule has 2 aromatic carbocycles. The van der Waals surface area contributed by atoms with Crippen LogP contribution in [0.25, 0.3) is 10.8 Å². The van der Waals surface area contributed by atoms with E-state index < -0.39 is 5.97 Å². The quantitative estimate of drug-likeness (QED) is 0.677. The first-order valence-electron chi connectivity index (χ1n) is 4.00. The van der Waals surface area contributed by atoms with Gasteiger partial charge in [0.05, 0.1) is 5.56 Å². The second-order valence-electron chi connectivity index (χ2n) is 2.83. The molecule has 0 bridgehead atoms. The van der Waals surface area contributed by atoms with Crippen molar-refractivity contribution in [3.05, 3.63) is 48.0 Å². The van der Waals surface area contributed by atoms with Crippen LogP contribution in [-0.4, -0.2) is 37.3 Å². The Bertz CT molecular complexity index is 466. The van der Waals surface area contributed by atoms with Crippen LogP contribution in [0, 0.1) is 0 Å². The Morgan fingerprint density at radius 3 is 2.27 bits per heavy atom. The van der Waals surface area contributed by atoms with Gasteiger partial charge < -0.3 is 5.11 Å². The molecule has 1 radical (unpaired) electrons. The summed E-state index contributed by atoms with van der Waals surface area (Å²) in [7, 11) is 0. The second kappa shape index (κ2) is 6.21. The third kappa shape index (κ3) is 3.00. The molecule has 2 rings (SSSR count). The van der Waals surface area contributed by atoms with Crippen molar-refractivity contribution in [1.82, 2.24) is 0 Å². The molecule has 0 fully saturated rings. The van der Waals surface area contributed by atoms with Gasteiger partial charge >= 0.3 is 32.2 Å². The van der Waals surface area contributed by atoms with Gasteiger partial charge in [-0.05, 0) is 16.8 Å². The summed E-state index contributed by atoms with van der Waals surface area (Å²) in [5.41, 5.74) is 0.359. The molecule has 0 aromatic heterocycles. The van der Waals surface area contributed by atoms with Crippen molar-refractivity contribution < 1.29 is 26.7 Å². The fourth-order valence-corrected chi connectivity index (χ4v) is 1.41. The van der Waals surface area contributed by atoms with E-state index in [1.165, 1.54) is 0 Å². The summed E-state index contributed by atoms with van der Waals surface area (Å²) in [5, 5.41) is 10.6. The molecule has 0 amide bonds. The number of carboxylic acid groups (broad SMARTS) is 1. The molecule has 0 aliphatic rings. The minimum atomic E-state index is -0.878. The summed E-state index contributed by atoms with van der Waals surface area (Å²) in [4.78, 5) is 10.8. The van der Waals surface area contributed by atoms with Gasteiger partial charge in [0.15, 0.2) is 0 Å². The third-order valence-electron chi connectivity index (χ3n) is 2.02. The summed E-state index contributed by atoms with van der Waals surface area (Å²) in [6, 6.07) is 12.7. The molecule has 2 nitrogen and oxygen atoms in total. The van der Waals surface area contributed by atoms with Crippen LogP contribution < -0.4 is 0 Å². The topological polar surface area (TPSA) is 37.3 Å². The Balaban J connectivity index is 0.000000980. The number of hydrogen-bond acceptors (Lipinski definition) is 1. The number of fused-ring (bicyclic) bond motifs is 1. The van der Waals surface area contributed by atoms with Gasteiger partial charge in [-0.15, -0.1) is 0 Å². The number of benzene rings is 2. The molecule has 0 saturated carbocycles. The largest absolute Gasteiger partial charge is 0 e. The van der Waals surface area contributed by atoms with E-state index in [0.717, 1.165) is 10.8 Å². The maximum absolute atomic E-state index is 10.8. The van der Waals surface area contributed by atoms with Crippen LogP contribution in [0.15, 0.2) is 42.5 Å². The maximum atomic E-state index is 10.8. The summed E-state index contributed by atoms with van der Waals surface area (Å²) in [6.07, 6.45) is 0. The van der Waals surface area contributed by atoms with Crippen LogP contribution in [0.1, 0.15) is 10.4 Å². The van der Waals surface area contributed by atoms with E-state index >= 15 is 0 Å². The minimum Gasteiger partial charge on any atom is 0 e. The van der Waals surface area contributed by atoms with Gasteiger partial charge in [0.2, 0.25) is 0 Å². The van der Waals surface area contributed by atoms with Crippen LogP contribution in [0.4, 0.5) is 0 Å². The van der Waals surface area contributed by atoms with Crippen LogP contribution in [0.3, 0.4) is 0 Å². The van der Waals surface area contributed by atoms with E-state index in [1.54, 1.807) is 12.1 Å². The Kier molecular flexibility index (Phi) is 6.03. The number of rotatable bonds is 1. The van der Waals surface area contributed by atoms with Gasteiger partial charge in [-0.25, -0.2) is 4.79 Å². The Morgan fingerprint density at radius 1 is 1.00 bits per heavy atom. The zero-order chi connectivity index (χ0) is 9.26. The van der Waals surface area contributed by atoms with E-state index in [0.29, 0.717) is 5.56 Å². The standard InChI is InChI=1S/C11H8O2.Bi.Co.3H/c12-11(13)10-7-3-5-8-4-1-2-6-9(8)10;;;;;/h1-7H,(H,12,13);;;;;. The Labute approximate surface area is 117 Å². The summed E-state index contributed by atoms with van der Waals surface area (Å²) < 4.78 is 0. The summed E-state index contributed by atoms with van der Waals surface area (Å²) in [6.45, 7) is 0. The van der Waals surface area contributed by atoms with Gasteiger partial charge in [-0.3, -0.25) is 0 Å². The van der Waals surface area contributed by atoms with E-state index in [9.17, 15) is 4.79 Å². The van der Waals surface area contributed by atoms with Crippen molar-refractivity contribution in [1.29, 1.82) is 0 Å². The number of hydrogen-bond donors (Lipinski definition) is 1. The van der Waals surface area contributed by atoms with Crippen molar-refractivity contribution in [3.63, 3.8) is 0 Å². The molecule has 0 atom stereocenters. The van der Waals surface area contributed by atoms with Gasteiger partial charge in [0, 0.05) is 16.8 Å². The van der Waals surface area contributed by atoms with E-state index in [1.807, 2.05) is 30.3 Å². The fourth-order valence-electron chi connectivity index (χ4n) is 1.41. The first-order valence-corrected chi connectivity index (χ1v) is 4.00. The molecular formula is C11H11BiCoO2. The molecule has 0 saturated heterocycles. The minimum absolute atomic E-state index is 0. The van der Waals surface area contributed by atoms with Crippen molar-refractivity contribution in [2.24, 2.45) is 0 Å². The molecule has 0 unspecified atom stereocenters. The maximum Gasteiger partial charge on any atom is 0 e. The van der Waals surface area contributed by atoms with Gasteiger partial charge in [0.25, 0.3) is 0 Å². The third-order valence-corrected chi connectivity index (χ3v) is 2.02. The normalized spacial score (nSPS) is 8.80. The van der Waals surface area contributed by atoms with Crippen LogP contribution in [0.2, 0.25) is 0 Å². The second-order valence-corrected chi connectivity index (χ2v) is 2.83. The van der Waals surface area contributed by atoms with E-state index in [2.05, 4.69) is 0 Å². The molecule has 0 heterocycles. The Morgan fingerprint density at radius 2 is 1.60 bits per heavy atom. The number of aromatic carboxylic acids is 1. The smallest absolute Gasteiger partial charge is 0 e. The average molecular weight is 443 g/mol. The molecule has 4 heteroatoms. The molecule has 0 aliphatic carbocycles. The van der Waals surface area contributed by atoms with Crippen LogP contribution in [-0.2, 0) is 16.8 Å². The Hall–Kier alpha value is -0.440. The molecule has 1 N–H and O–H groups in total. The van der Waals surface area contributed by atoms with Crippen molar-refractivity contribution in [2.45, 2.75) is 0 Å². The zero-order valence-electron chi connectivity index (χ0n) is 7.94. The molecule has 15 heavy (non-hydrogen) atoms. The SMILES string of the molecule is O=C(O)c1cccc2ccccc12.[BiH3].[Co]. The van der Waals surface area contributed by atoms with Crippen molar-refractivity contribution >= 4 is 42.9 Å². The predicted molar refractivity (Wildman–Crippen MR) is 60.8 cm³/mol. The number of carboxylic acids is 1. The molecule has 0 aliphatic heterocycles.